The van der Waals surface area contributed by atoms with Gasteiger partial charge < -0.3 is 16.4 Å². The normalized spacial score (nSPS) is 12.4. The van der Waals surface area contributed by atoms with Gasteiger partial charge in [0.25, 0.3) is 5.91 Å². The van der Waals surface area contributed by atoms with Gasteiger partial charge in [-0.15, -0.1) is 23.1 Å². The van der Waals surface area contributed by atoms with E-state index in [9.17, 15) is 18.8 Å². The number of nitrogens with two attached hydrogens (primary N) is 1. The van der Waals surface area contributed by atoms with E-state index in [2.05, 4.69) is 15.6 Å². The molecule has 0 radical (unpaired) electrons. The predicted molar refractivity (Wildman–Crippen MR) is 144 cm³/mol. The van der Waals surface area contributed by atoms with Crippen molar-refractivity contribution in [2.75, 3.05) is 33.6 Å². The highest BCUT2D eigenvalue weighted by Gasteiger charge is 2.24. The number of benzene rings is 3. The minimum atomic E-state index is -0.485. The first kappa shape index (κ1) is 24.5. The zero-order valence-electron chi connectivity index (χ0n) is 19.2. The van der Waals surface area contributed by atoms with E-state index in [1.165, 1.54) is 52.3 Å². The van der Waals surface area contributed by atoms with Crippen LogP contribution in [0.4, 0.5) is 26.6 Å². The molecule has 1 aliphatic heterocycles. The largest absolute Gasteiger partial charge is 0.375 e. The Bertz CT molecular complexity index is 1490. The summed E-state index contributed by atoms with van der Waals surface area (Å²) in [5.74, 6) is -1.23. The molecule has 11 heteroatoms. The van der Waals surface area contributed by atoms with E-state index < -0.39 is 17.6 Å². The maximum absolute atomic E-state index is 13.4. The van der Waals surface area contributed by atoms with Crippen molar-refractivity contribution in [1.29, 1.82) is 0 Å². The van der Waals surface area contributed by atoms with Gasteiger partial charge in [-0.1, -0.05) is 12.1 Å². The van der Waals surface area contributed by atoms with Crippen molar-refractivity contribution in [2.24, 2.45) is 0 Å². The Labute approximate surface area is 219 Å². The van der Waals surface area contributed by atoms with Crippen LogP contribution in [0.25, 0.3) is 11.3 Å². The third-order valence-corrected chi connectivity index (χ3v) is 7.28. The van der Waals surface area contributed by atoms with Crippen LogP contribution in [-0.2, 0) is 9.59 Å². The first-order valence-corrected chi connectivity index (χ1v) is 13.0. The molecule has 2 heterocycles. The first-order valence-electron chi connectivity index (χ1n) is 11.1. The Balaban J connectivity index is 1.38. The standard InChI is InChI=1S/C26H20FN5O3S2/c27-17-5-1-16(2-6-17)25(35)32(19-9-10-22-20(11-19)30-24(34)14-36-22)12-23(33)29-18-7-3-15(4-8-18)21-13-37-26(28)31-21/h1-11,13H,12,14H2,(H2,28,31)(H,29,33)(H,30,34). The van der Waals surface area contributed by atoms with Gasteiger partial charge in [-0.3, -0.25) is 19.3 Å². The minimum Gasteiger partial charge on any atom is -0.375 e. The maximum atomic E-state index is 13.4. The van der Waals surface area contributed by atoms with Crippen molar-refractivity contribution in [3.63, 3.8) is 0 Å². The molecule has 4 aromatic rings. The number of fused-ring (bicyclic) bond motifs is 1. The molecule has 1 aromatic heterocycles. The Kier molecular flexibility index (Phi) is 6.89. The smallest absolute Gasteiger partial charge is 0.258 e. The van der Waals surface area contributed by atoms with E-state index in [-0.39, 0.29) is 18.0 Å². The fourth-order valence-electron chi connectivity index (χ4n) is 3.76. The number of aromatic nitrogens is 1. The van der Waals surface area contributed by atoms with Gasteiger partial charge in [0, 0.05) is 32.8 Å². The zero-order valence-corrected chi connectivity index (χ0v) is 20.9. The van der Waals surface area contributed by atoms with Crippen LogP contribution in [0.3, 0.4) is 0 Å². The van der Waals surface area contributed by atoms with E-state index in [0.717, 1.165) is 16.2 Å². The van der Waals surface area contributed by atoms with Crippen LogP contribution in [0.1, 0.15) is 10.4 Å². The molecule has 0 unspecified atom stereocenters. The summed E-state index contributed by atoms with van der Waals surface area (Å²) in [4.78, 5) is 44.7. The summed E-state index contributed by atoms with van der Waals surface area (Å²) >= 11 is 2.74. The van der Waals surface area contributed by atoms with Crippen molar-refractivity contribution < 1.29 is 18.8 Å². The summed E-state index contributed by atoms with van der Waals surface area (Å²) in [6, 6.07) is 17.4. The lowest BCUT2D eigenvalue weighted by molar-refractivity contribution is -0.115. The molecule has 8 nitrogen and oxygen atoms in total. The van der Waals surface area contributed by atoms with Crippen LogP contribution in [-0.4, -0.2) is 35.0 Å². The van der Waals surface area contributed by atoms with Gasteiger partial charge in [0.2, 0.25) is 11.8 Å². The van der Waals surface area contributed by atoms with Gasteiger partial charge in [-0.2, -0.15) is 0 Å². The third kappa shape index (κ3) is 5.63. The van der Waals surface area contributed by atoms with Crippen LogP contribution in [0.15, 0.2) is 77.0 Å². The number of rotatable bonds is 6. The number of nitrogen functional groups attached to an aromatic ring is 1. The van der Waals surface area contributed by atoms with Crippen molar-refractivity contribution in [1.82, 2.24) is 4.98 Å². The summed E-state index contributed by atoms with van der Waals surface area (Å²) in [5, 5.41) is 7.92. The quantitative estimate of drug-likeness (QED) is 0.326. The van der Waals surface area contributed by atoms with E-state index >= 15 is 0 Å². The molecule has 0 atom stereocenters. The number of thiazole rings is 1. The summed E-state index contributed by atoms with van der Waals surface area (Å²) in [5.41, 5.74) is 9.05. The molecule has 1 aliphatic rings. The molecular weight excluding hydrogens is 513 g/mol. The van der Waals surface area contributed by atoms with Gasteiger partial charge in [0.05, 0.1) is 17.1 Å². The van der Waals surface area contributed by atoms with E-state index in [4.69, 9.17) is 5.73 Å². The molecule has 3 amide bonds. The van der Waals surface area contributed by atoms with Gasteiger partial charge in [0.15, 0.2) is 5.13 Å². The minimum absolute atomic E-state index is 0.146. The lowest BCUT2D eigenvalue weighted by Gasteiger charge is -2.25. The number of carbonyl (C=O) groups excluding carboxylic acids is 3. The molecule has 37 heavy (non-hydrogen) atoms. The molecule has 5 rings (SSSR count). The van der Waals surface area contributed by atoms with Crippen LogP contribution in [0.2, 0.25) is 0 Å². The Morgan fingerprint density at radius 3 is 2.54 bits per heavy atom. The summed E-state index contributed by atoms with van der Waals surface area (Å²) < 4.78 is 13.4. The Morgan fingerprint density at radius 1 is 1.08 bits per heavy atom. The molecule has 0 saturated heterocycles. The Hall–Kier alpha value is -4.22. The lowest BCUT2D eigenvalue weighted by atomic mass is 10.1. The maximum Gasteiger partial charge on any atom is 0.258 e. The van der Waals surface area contributed by atoms with Crippen LogP contribution in [0.5, 0.6) is 0 Å². The van der Waals surface area contributed by atoms with Gasteiger partial charge in [-0.25, -0.2) is 9.37 Å². The zero-order chi connectivity index (χ0) is 25.9. The monoisotopic (exact) mass is 533 g/mol. The number of anilines is 4. The molecule has 3 aromatic carbocycles. The highest BCUT2D eigenvalue weighted by atomic mass is 32.2. The van der Waals surface area contributed by atoms with Gasteiger partial charge >= 0.3 is 0 Å². The molecule has 0 spiro atoms. The van der Waals surface area contributed by atoms with E-state index in [1.807, 2.05) is 17.5 Å². The molecule has 0 fully saturated rings. The number of thioether (sulfide) groups is 1. The average molecular weight is 534 g/mol. The Morgan fingerprint density at radius 2 is 1.84 bits per heavy atom. The average Bonchev–Trinajstić information content (AvgIpc) is 3.33. The second-order valence-electron chi connectivity index (χ2n) is 8.11. The summed E-state index contributed by atoms with van der Waals surface area (Å²) in [6.45, 7) is -0.305. The third-order valence-electron chi connectivity index (χ3n) is 5.53. The number of nitrogens with one attached hydrogen (secondary N) is 2. The highest BCUT2D eigenvalue weighted by Crippen LogP contribution is 2.35. The van der Waals surface area contributed by atoms with Crippen molar-refractivity contribution in [3.8, 4) is 11.3 Å². The second-order valence-corrected chi connectivity index (χ2v) is 10.0. The number of halogens is 1. The molecule has 0 bridgehead atoms. The van der Waals surface area contributed by atoms with Crippen LogP contribution >= 0.6 is 23.1 Å². The molecule has 0 saturated carbocycles. The SMILES string of the molecule is Nc1nc(-c2ccc(NC(=O)CN(C(=O)c3ccc(F)cc3)c3ccc4c(c3)NC(=O)CS4)cc2)cs1. The number of amides is 3. The van der Waals surface area contributed by atoms with Crippen molar-refractivity contribution >= 4 is 63.0 Å². The number of nitrogens with zero attached hydrogens (tertiary/aromatic N) is 2. The summed E-state index contributed by atoms with van der Waals surface area (Å²) in [6.07, 6.45) is 0. The van der Waals surface area contributed by atoms with Gasteiger partial charge in [-0.05, 0) is 54.6 Å². The lowest BCUT2D eigenvalue weighted by Crippen LogP contribution is -2.38. The number of hydrogen-bond acceptors (Lipinski definition) is 7. The van der Waals surface area contributed by atoms with Crippen molar-refractivity contribution in [2.45, 2.75) is 4.90 Å². The topological polar surface area (TPSA) is 117 Å². The summed E-state index contributed by atoms with van der Waals surface area (Å²) in [7, 11) is 0. The predicted octanol–water partition coefficient (Wildman–Crippen LogP) is 4.86. The number of carbonyl (C=O) groups is 3. The van der Waals surface area contributed by atoms with Gasteiger partial charge in [0.1, 0.15) is 12.4 Å². The van der Waals surface area contributed by atoms with Crippen LogP contribution < -0.4 is 21.3 Å². The molecule has 4 N–H and O–H groups in total. The van der Waals surface area contributed by atoms with Crippen LogP contribution in [0, 0.1) is 5.82 Å². The highest BCUT2D eigenvalue weighted by molar-refractivity contribution is 8.00. The molecular formula is C26H20FN5O3S2. The fraction of sp³-hybridized carbons (Fsp3) is 0.0769. The molecule has 186 valence electrons. The van der Waals surface area contributed by atoms with Crippen molar-refractivity contribution in [3.05, 3.63) is 83.5 Å². The fourth-order valence-corrected chi connectivity index (χ4v) is 5.12. The second kappa shape index (κ2) is 10.4. The van der Waals surface area contributed by atoms with E-state index in [1.54, 1.807) is 30.3 Å². The van der Waals surface area contributed by atoms with E-state index in [0.29, 0.717) is 27.9 Å². The first-order chi connectivity index (χ1) is 17.9. The molecule has 0 aliphatic carbocycles. The number of hydrogen-bond donors (Lipinski definition) is 3.